The van der Waals surface area contributed by atoms with Gasteiger partial charge in [-0.05, 0) is 48.9 Å². The Balaban J connectivity index is 1.55. The van der Waals surface area contributed by atoms with Crippen molar-refractivity contribution in [1.29, 1.82) is 0 Å². The number of quaternary nitrogens is 1. The quantitative estimate of drug-likeness (QED) is 0.820. The van der Waals surface area contributed by atoms with E-state index in [-0.39, 0.29) is 12.7 Å². The minimum atomic E-state index is -0.00466. The van der Waals surface area contributed by atoms with Gasteiger partial charge in [-0.2, -0.15) is 0 Å². The summed E-state index contributed by atoms with van der Waals surface area (Å²) in [5, 5.41) is 2.94. The molecule has 0 saturated carbocycles. The summed E-state index contributed by atoms with van der Waals surface area (Å²) in [4.78, 5) is 13.3. The number of hydrogen-bond acceptors (Lipinski definition) is 3. The molecule has 24 heavy (non-hydrogen) atoms. The van der Waals surface area contributed by atoms with Gasteiger partial charge in [0.25, 0.3) is 5.91 Å². The monoisotopic (exact) mass is 391 g/mol. The van der Waals surface area contributed by atoms with Crippen LogP contribution in [-0.2, 0) is 11.3 Å². The highest BCUT2D eigenvalue weighted by atomic mass is 79.9. The van der Waals surface area contributed by atoms with Gasteiger partial charge in [-0.15, -0.1) is 0 Å². The fourth-order valence-electron chi connectivity index (χ4n) is 2.66. The third-order valence-corrected chi connectivity index (χ3v) is 4.74. The molecule has 6 heteroatoms. The van der Waals surface area contributed by atoms with E-state index in [2.05, 4.69) is 21.2 Å². The van der Waals surface area contributed by atoms with E-state index in [1.165, 1.54) is 0 Å². The zero-order valence-electron chi connectivity index (χ0n) is 13.7. The molecule has 5 nitrogen and oxygen atoms in total. The van der Waals surface area contributed by atoms with Crippen LogP contribution < -0.4 is 19.7 Å². The van der Waals surface area contributed by atoms with Crippen molar-refractivity contribution in [2.45, 2.75) is 13.5 Å². The van der Waals surface area contributed by atoms with Crippen molar-refractivity contribution in [1.82, 2.24) is 0 Å². The molecule has 0 spiro atoms. The first-order chi connectivity index (χ1) is 11.5. The van der Waals surface area contributed by atoms with E-state index in [9.17, 15) is 4.79 Å². The number of carbonyl (C=O) groups is 1. The molecule has 3 rings (SSSR count). The lowest BCUT2D eigenvalue weighted by Crippen LogP contribution is -3.08. The van der Waals surface area contributed by atoms with Gasteiger partial charge in [-0.3, -0.25) is 4.79 Å². The van der Waals surface area contributed by atoms with Crippen LogP contribution in [-0.4, -0.2) is 26.3 Å². The minimum Gasteiger partial charge on any atom is -0.454 e. The van der Waals surface area contributed by atoms with Crippen LogP contribution in [0.25, 0.3) is 0 Å². The molecular weight excluding hydrogens is 372 g/mol. The van der Waals surface area contributed by atoms with Crippen molar-refractivity contribution < 1.29 is 19.2 Å². The standard InChI is InChI=1S/C18H19BrN2O3/c1-12-7-14(4-5-15(12)19)20-18(22)10-21(2)9-13-3-6-16-17(8-13)24-11-23-16/h3-8H,9-11H2,1-2H3,(H,20,22)/p+1. The van der Waals surface area contributed by atoms with Crippen molar-refractivity contribution in [2.24, 2.45) is 0 Å². The maximum Gasteiger partial charge on any atom is 0.279 e. The van der Waals surface area contributed by atoms with Gasteiger partial charge in [0.15, 0.2) is 18.0 Å². The summed E-state index contributed by atoms with van der Waals surface area (Å²) >= 11 is 3.46. The molecule has 0 bridgehead atoms. The molecule has 0 fully saturated rings. The number of rotatable bonds is 5. The number of likely N-dealkylation sites (N-methyl/N-ethyl adjacent to an activating group) is 1. The Morgan fingerprint density at radius 2 is 2.00 bits per heavy atom. The van der Waals surface area contributed by atoms with Crippen molar-refractivity contribution in [2.75, 3.05) is 25.7 Å². The zero-order chi connectivity index (χ0) is 17.1. The maximum atomic E-state index is 12.2. The lowest BCUT2D eigenvalue weighted by molar-refractivity contribution is -0.885. The summed E-state index contributed by atoms with van der Waals surface area (Å²) in [5.74, 6) is 1.55. The number of carbonyl (C=O) groups excluding carboxylic acids is 1. The maximum absolute atomic E-state index is 12.2. The van der Waals surface area contributed by atoms with Crippen molar-refractivity contribution in [3.05, 3.63) is 52.0 Å². The van der Waals surface area contributed by atoms with Crippen LogP contribution in [0.1, 0.15) is 11.1 Å². The predicted octanol–water partition coefficient (Wildman–Crippen LogP) is 2.14. The highest BCUT2D eigenvalue weighted by molar-refractivity contribution is 9.10. The van der Waals surface area contributed by atoms with Gasteiger partial charge in [0.2, 0.25) is 6.79 Å². The summed E-state index contributed by atoms with van der Waals surface area (Å²) < 4.78 is 11.7. The molecule has 126 valence electrons. The van der Waals surface area contributed by atoms with E-state index >= 15 is 0 Å². The topological polar surface area (TPSA) is 52.0 Å². The lowest BCUT2D eigenvalue weighted by atomic mass is 10.2. The van der Waals surface area contributed by atoms with Gasteiger partial charge in [0.05, 0.1) is 7.05 Å². The van der Waals surface area contributed by atoms with E-state index in [1.807, 2.05) is 50.4 Å². The normalized spacial score (nSPS) is 13.6. The molecular formula is C18H20BrN2O3+. The van der Waals surface area contributed by atoms with Crippen LogP contribution in [0.4, 0.5) is 5.69 Å². The number of aryl methyl sites for hydroxylation is 1. The number of halogens is 1. The number of anilines is 1. The van der Waals surface area contributed by atoms with Gasteiger partial charge in [0.1, 0.15) is 6.54 Å². The van der Waals surface area contributed by atoms with Crippen LogP contribution in [0.5, 0.6) is 11.5 Å². The Morgan fingerprint density at radius 3 is 2.79 bits per heavy atom. The summed E-state index contributed by atoms with van der Waals surface area (Å²) in [6.45, 7) is 3.40. The van der Waals surface area contributed by atoms with Crippen LogP contribution >= 0.6 is 15.9 Å². The lowest BCUT2D eigenvalue weighted by Gasteiger charge is -2.14. The van der Waals surface area contributed by atoms with Gasteiger partial charge in [-0.1, -0.05) is 15.9 Å². The second-order valence-electron chi connectivity index (χ2n) is 6.01. The number of ether oxygens (including phenoxy) is 2. The number of amides is 1. The van der Waals surface area contributed by atoms with E-state index in [0.717, 1.165) is 44.2 Å². The molecule has 0 radical (unpaired) electrons. The summed E-state index contributed by atoms with van der Waals surface area (Å²) in [6, 6.07) is 11.7. The molecule has 2 aromatic carbocycles. The Kier molecular flexibility index (Phi) is 5.06. The average molecular weight is 392 g/mol. The van der Waals surface area contributed by atoms with Crippen LogP contribution in [0.3, 0.4) is 0 Å². The first-order valence-electron chi connectivity index (χ1n) is 7.77. The molecule has 1 aliphatic heterocycles. The smallest absolute Gasteiger partial charge is 0.279 e. The number of fused-ring (bicyclic) bond motifs is 1. The third-order valence-electron chi connectivity index (χ3n) is 3.85. The van der Waals surface area contributed by atoms with Crippen molar-refractivity contribution >= 4 is 27.5 Å². The molecule has 0 aromatic heterocycles. The Hall–Kier alpha value is -2.05. The first kappa shape index (κ1) is 16.8. The highest BCUT2D eigenvalue weighted by Crippen LogP contribution is 2.32. The van der Waals surface area contributed by atoms with Gasteiger partial charge >= 0.3 is 0 Å². The fourth-order valence-corrected chi connectivity index (χ4v) is 2.91. The van der Waals surface area contributed by atoms with Crippen LogP contribution in [0.15, 0.2) is 40.9 Å². The van der Waals surface area contributed by atoms with Crippen molar-refractivity contribution in [3.8, 4) is 11.5 Å². The number of hydrogen-bond donors (Lipinski definition) is 2. The molecule has 2 N–H and O–H groups in total. The second kappa shape index (κ2) is 7.23. The second-order valence-corrected chi connectivity index (χ2v) is 6.86. The molecule has 0 saturated heterocycles. The van der Waals surface area contributed by atoms with Gasteiger partial charge in [0, 0.05) is 15.7 Å². The Labute approximate surface area is 149 Å². The summed E-state index contributed by atoms with van der Waals surface area (Å²) in [6.07, 6.45) is 0. The van der Waals surface area contributed by atoms with Gasteiger partial charge in [-0.25, -0.2) is 0 Å². The molecule has 1 unspecified atom stereocenters. The average Bonchev–Trinajstić information content (AvgIpc) is 2.98. The van der Waals surface area contributed by atoms with E-state index in [0.29, 0.717) is 6.54 Å². The molecule has 1 atom stereocenters. The molecule has 2 aromatic rings. The van der Waals surface area contributed by atoms with Crippen LogP contribution in [0, 0.1) is 6.92 Å². The van der Waals surface area contributed by atoms with E-state index in [1.54, 1.807) is 0 Å². The van der Waals surface area contributed by atoms with E-state index < -0.39 is 0 Å². The molecule has 0 aliphatic carbocycles. The predicted molar refractivity (Wildman–Crippen MR) is 95.5 cm³/mol. The van der Waals surface area contributed by atoms with E-state index in [4.69, 9.17) is 9.47 Å². The third kappa shape index (κ3) is 4.07. The fraction of sp³-hybridized carbons (Fsp3) is 0.278. The summed E-state index contributed by atoms with van der Waals surface area (Å²) in [7, 11) is 2.00. The largest absolute Gasteiger partial charge is 0.454 e. The zero-order valence-corrected chi connectivity index (χ0v) is 15.3. The molecule has 1 amide bonds. The number of nitrogens with one attached hydrogen (secondary N) is 2. The van der Waals surface area contributed by atoms with Crippen LogP contribution in [0.2, 0.25) is 0 Å². The Morgan fingerprint density at radius 1 is 1.21 bits per heavy atom. The summed E-state index contributed by atoms with van der Waals surface area (Å²) in [5.41, 5.74) is 3.02. The molecule has 1 heterocycles. The highest BCUT2D eigenvalue weighted by Gasteiger charge is 2.16. The SMILES string of the molecule is Cc1cc(NC(=O)C[NH+](C)Cc2ccc3c(c2)OCO3)ccc1Br. The minimum absolute atomic E-state index is 0.00466. The number of benzene rings is 2. The Bertz CT molecular complexity index is 764. The van der Waals surface area contributed by atoms with Gasteiger partial charge < -0.3 is 19.7 Å². The molecule has 1 aliphatic rings. The van der Waals surface area contributed by atoms with Crippen molar-refractivity contribution in [3.63, 3.8) is 0 Å². The first-order valence-corrected chi connectivity index (χ1v) is 8.56.